The Morgan fingerprint density at radius 2 is 1.50 bits per heavy atom. The molecule has 0 aliphatic heterocycles. The molecule has 0 unspecified atom stereocenters. The molecule has 1 N–H and O–H groups in total. The molecule has 2 rings (SSSR count). The lowest BCUT2D eigenvalue weighted by Gasteiger charge is -2.14. The quantitative estimate of drug-likeness (QED) is 0.699. The van der Waals surface area contributed by atoms with Gasteiger partial charge in [-0.1, -0.05) is 0 Å². The zero-order chi connectivity index (χ0) is 20.7. The number of rotatable bonds is 8. The third-order valence-electron chi connectivity index (χ3n) is 3.84. The standard InChI is InChI=1S/C21H25NO6/c1-13(2)28-21(24)15-6-8-16(9-7-15)22-19(23)12-14-10-17(25-3)20(27-5)18(11-14)26-4/h6-11,13H,12H2,1-5H3,(H,22,23). The summed E-state index contributed by atoms with van der Waals surface area (Å²) in [5.41, 5.74) is 1.72. The Labute approximate surface area is 164 Å². The highest BCUT2D eigenvalue weighted by Crippen LogP contribution is 2.38. The molecule has 0 fully saturated rings. The lowest BCUT2D eigenvalue weighted by molar-refractivity contribution is -0.115. The van der Waals surface area contributed by atoms with E-state index in [0.29, 0.717) is 34.1 Å². The molecule has 0 aromatic heterocycles. The molecule has 0 spiro atoms. The number of nitrogens with one attached hydrogen (secondary N) is 1. The molecular weight excluding hydrogens is 362 g/mol. The van der Waals surface area contributed by atoms with Crippen LogP contribution in [0.5, 0.6) is 17.2 Å². The van der Waals surface area contributed by atoms with Gasteiger partial charge in [-0.25, -0.2) is 4.79 Å². The van der Waals surface area contributed by atoms with Crippen LogP contribution in [-0.4, -0.2) is 39.3 Å². The molecule has 1 amide bonds. The van der Waals surface area contributed by atoms with E-state index in [9.17, 15) is 9.59 Å². The summed E-state index contributed by atoms with van der Waals surface area (Å²) in [5, 5.41) is 2.80. The van der Waals surface area contributed by atoms with E-state index >= 15 is 0 Å². The Bertz CT molecular complexity index is 804. The highest BCUT2D eigenvalue weighted by Gasteiger charge is 2.15. The first-order chi connectivity index (χ1) is 13.4. The molecule has 0 saturated heterocycles. The molecule has 0 saturated carbocycles. The molecule has 7 nitrogen and oxygen atoms in total. The lowest BCUT2D eigenvalue weighted by atomic mass is 10.1. The zero-order valence-electron chi connectivity index (χ0n) is 16.7. The third kappa shape index (κ3) is 5.39. The second-order valence-corrected chi connectivity index (χ2v) is 6.29. The first kappa shape index (κ1) is 21.1. The number of amides is 1. The molecule has 0 radical (unpaired) electrons. The van der Waals surface area contributed by atoms with Crippen LogP contribution in [0.2, 0.25) is 0 Å². The molecule has 150 valence electrons. The van der Waals surface area contributed by atoms with Gasteiger partial charge in [0.25, 0.3) is 0 Å². The lowest BCUT2D eigenvalue weighted by Crippen LogP contribution is -2.15. The maximum Gasteiger partial charge on any atom is 0.338 e. The Kier molecular flexibility index (Phi) is 7.26. The summed E-state index contributed by atoms with van der Waals surface area (Å²) in [6, 6.07) is 9.99. The maximum absolute atomic E-state index is 12.4. The molecule has 0 heterocycles. The first-order valence-electron chi connectivity index (χ1n) is 8.77. The zero-order valence-corrected chi connectivity index (χ0v) is 16.7. The van der Waals surface area contributed by atoms with E-state index < -0.39 is 5.97 Å². The predicted molar refractivity (Wildman–Crippen MR) is 105 cm³/mol. The number of methoxy groups -OCH3 is 3. The first-order valence-corrected chi connectivity index (χ1v) is 8.77. The fourth-order valence-corrected chi connectivity index (χ4v) is 2.60. The summed E-state index contributed by atoms with van der Waals surface area (Å²) in [6.07, 6.45) is -0.0706. The van der Waals surface area contributed by atoms with E-state index in [1.54, 1.807) is 50.2 Å². The van der Waals surface area contributed by atoms with Crippen molar-refractivity contribution in [2.45, 2.75) is 26.4 Å². The van der Waals surface area contributed by atoms with Crippen LogP contribution in [0, 0.1) is 0 Å². The van der Waals surface area contributed by atoms with E-state index in [2.05, 4.69) is 5.32 Å². The third-order valence-corrected chi connectivity index (χ3v) is 3.84. The van der Waals surface area contributed by atoms with Gasteiger partial charge in [0.15, 0.2) is 11.5 Å². The van der Waals surface area contributed by atoms with Crippen molar-refractivity contribution in [3.05, 3.63) is 47.5 Å². The van der Waals surface area contributed by atoms with Crippen molar-refractivity contribution in [1.29, 1.82) is 0 Å². The highest BCUT2D eigenvalue weighted by atomic mass is 16.5. The van der Waals surface area contributed by atoms with Gasteiger partial charge in [-0.15, -0.1) is 0 Å². The molecule has 2 aromatic rings. The summed E-state index contributed by atoms with van der Waals surface area (Å²) in [6.45, 7) is 3.57. The minimum atomic E-state index is -0.398. The second-order valence-electron chi connectivity index (χ2n) is 6.29. The molecule has 0 bridgehead atoms. The number of esters is 1. The van der Waals surface area contributed by atoms with Gasteiger partial charge < -0.3 is 24.3 Å². The van der Waals surface area contributed by atoms with Crippen LogP contribution in [0.4, 0.5) is 5.69 Å². The van der Waals surface area contributed by atoms with Crippen LogP contribution < -0.4 is 19.5 Å². The van der Waals surface area contributed by atoms with Gasteiger partial charge in [-0.2, -0.15) is 0 Å². The van der Waals surface area contributed by atoms with Crippen LogP contribution in [0.15, 0.2) is 36.4 Å². The number of hydrogen-bond acceptors (Lipinski definition) is 6. The smallest absolute Gasteiger partial charge is 0.338 e. The maximum atomic E-state index is 12.4. The van der Waals surface area contributed by atoms with Crippen LogP contribution in [-0.2, 0) is 16.0 Å². The minimum absolute atomic E-state index is 0.119. The van der Waals surface area contributed by atoms with E-state index in [1.807, 2.05) is 0 Å². The summed E-state index contributed by atoms with van der Waals surface area (Å²) in [4.78, 5) is 24.2. The van der Waals surface area contributed by atoms with Crippen LogP contribution in [0.25, 0.3) is 0 Å². The van der Waals surface area contributed by atoms with E-state index in [4.69, 9.17) is 18.9 Å². The Morgan fingerprint density at radius 1 is 0.929 bits per heavy atom. The Balaban J connectivity index is 2.07. The summed E-state index contributed by atoms with van der Waals surface area (Å²) in [5.74, 6) is 0.824. The molecule has 0 aliphatic rings. The van der Waals surface area contributed by atoms with Crippen LogP contribution in [0.1, 0.15) is 29.8 Å². The van der Waals surface area contributed by atoms with Crippen molar-refractivity contribution < 1.29 is 28.5 Å². The SMILES string of the molecule is COc1cc(CC(=O)Nc2ccc(C(=O)OC(C)C)cc2)cc(OC)c1OC. The molecule has 28 heavy (non-hydrogen) atoms. The number of anilines is 1. The number of carbonyl (C=O) groups excluding carboxylic acids is 2. The van der Waals surface area contributed by atoms with E-state index in [0.717, 1.165) is 0 Å². The summed E-state index contributed by atoms with van der Waals surface area (Å²) >= 11 is 0. The fraction of sp³-hybridized carbons (Fsp3) is 0.333. The highest BCUT2D eigenvalue weighted by molar-refractivity contribution is 5.94. The second kappa shape index (κ2) is 9.64. The molecule has 0 aliphatic carbocycles. The Morgan fingerprint density at radius 3 is 1.96 bits per heavy atom. The van der Waals surface area contributed by atoms with Crippen molar-refractivity contribution in [1.82, 2.24) is 0 Å². The number of benzene rings is 2. The van der Waals surface area contributed by atoms with Crippen molar-refractivity contribution in [3.8, 4) is 17.2 Å². The van der Waals surface area contributed by atoms with Gasteiger partial charge >= 0.3 is 5.97 Å². The largest absolute Gasteiger partial charge is 0.493 e. The monoisotopic (exact) mass is 387 g/mol. The average Bonchev–Trinajstić information content (AvgIpc) is 2.66. The number of ether oxygens (including phenoxy) is 4. The van der Waals surface area contributed by atoms with Crippen molar-refractivity contribution >= 4 is 17.6 Å². The van der Waals surface area contributed by atoms with Gasteiger partial charge in [-0.3, -0.25) is 4.79 Å². The van der Waals surface area contributed by atoms with Gasteiger partial charge in [0.1, 0.15) is 0 Å². The van der Waals surface area contributed by atoms with Crippen molar-refractivity contribution in [3.63, 3.8) is 0 Å². The topological polar surface area (TPSA) is 83.1 Å². The minimum Gasteiger partial charge on any atom is -0.493 e. The normalized spacial score (nSPS) is 10.4. The molecule has 7 heteroatoms. The molecule has 2 aromatic carbocycles. The molecular formula is C21H25NO6. The Hall–Kier alpha value is -3.22. The van der Waals surface area contributed by atoms with Gasteiger partial charge in [0.05, 0.1) is 39.4 Å². The average molecular weight is 387 g/mol. The van der Waals surface area contributed by atoms with E-state index in [-0.39, 0.29) is 18.4 Å². The number of hydrogen-bond donors (Lipinski definition) is 1. The van der Waals surface area contributed by atoms with Gasteiger partial charge in [-0.05, 0) is 55.8 Å². The van der Waals surface area contributed by atoms with Gasteiger partial charge in [0, 0.05) is 5.69 Å². The predicted octanol–water partition coefficient (Wildman–Crippen LogP) is 3.46. The van der Waals surface area contributed by atoms with Crippen molar-refractivity contribution in [2.24, 2.45) is 0 Å². The van der Waals surface area contributed by atoms with E-state index in [1.165, 1.54) is 21.3 Å². The molecule has 0 atom stereocenters. The van der Waals surface area contributed by atoms with Crippen LogP contribution in [0.3, 0.4) is 0 Å². The van der Waals surface area contributed by atoms with Crippen LogP contribution >= 0.6 is 0 Å². The summed E-state index contributed by atoms with van der Waals surface area (Å²) < 4.78 is 21.0. The van der Waals surface area contributed by atoms with Gasteiger partial charge in [0.2, 0.25) is 11.7 Å². The van der Waals surface area contributed by atoms with Crippen molar-refractivity contribution in [2.75, 3.05) is 26.6 Å². The summed E-state index contributed by atoms with van der Waals surface area (Å²) in [7, 11) is 4.56. The fourth-order valence-electron chi connectivity index (χ4n) is 2.60. The number of carbonyl (C=O) groups is 2.